The van der Waals surface area contributed by atoms with E-state index in [1.54, 1.807) is 14.2 Å². The van der Waals surface area contributed by atoms with Gasteiger partial charge in [-0.25, -0.2) is 4.98 Å². The summed E-state index contributed by atoms with van der Waals surface area (Å²) in [6, 6.07) is 5.81. The molecule has 0 amide bonds. The lowest BCUT2D eigenvalue weighted by Gasteiger charge is -2.17. The van der Waals surface area contributed by atoms with Crippen molar-refractivity contribution in [3.8, 4) is 5.75 Å². The number of hydrogen-bond donors (Lipinski definition) is 3. The van der Waals surface area contributed by atoms with Gasteiger partial charge in [0, 0.05) is 25.0 Å². The predicted molar refractivity (Wildman–Crippen MR) is 116 cm³/mol. The van der Waals surface area contributed by atoms with Gasteiger partial charge >= 0.3 is 7.60 Å². The first kappa shape index (κ1) is 21.4. The normalized spacial score (nSPS) is 11.9. The number of anilines is 2. The molecule has 2 aromatic heterocycles. The van der Waals surface area contributed by atoms with Crippen molar-refractivity contribution in [3.05, 3.63) is 18.2 Å². The van der Waals surface area contributed by atoms with Crippen molar-refractivity contribution in [1.29, 1.82) is 0 Å². The molecule has 0 fully saturated rings. The molecule has 0 spiro atoms. The Labute approximate surface area is 170 Å². The van der Waals surface area contributed by atoms with Crippen molar-refractivity contribution < 1.29 is 18.3 Å². The Bertz CT molecular complexity index is 1010. The van der Waals surface area contributed by atoms with Crippen molar-refractivity contribution in [2.45, 2.75) is 20.3 Å². The molecule has 10 heteroatoms. The molecule has 0 saturated heterocycles. The van der Waals surface area contributed by atoms with Crippen molar-refractivity contribution in [1.82, 2.24) is 15.0 Å². The number of rotatable bonds is 11. The molecule has 0 radical (unpaired) electrons. The number of H-pyrrole nitrogens is 1. The van der Waals surface area contributed by atoms with Crippen LogP contribution in [0.1, 0.15) is 20.3 Å². The van der Waals surface area contributed by atoms with E-state index in [1.165, 1.54) is 0 Å². The summed E-state index contributed by atoms with van der Waals surface area (Å²) in [5, 5.41) is 7.31. The van der Waals surface area contributed by atoms with Crippen LogP contribution in [0, 0.1) is 0 Å². The van der Waals surface area contributed by atoms with Gasteiger partial charge < -0.3 is 29.4 Å². The number of aromatic nitrogens is 3. The SMILES string of the molecule is CCOP(=O)(CCCNc1nc(NC)nc2c1[nH]c1cc(OC)ccc12)OCC. The van der Waals surface area contributed by atoms with Crippen LogP contribution in [0.3, 0.4) is 0 Å². The topological polar surface area (TPSA) is 110 Å². The number of methoxy groups -OCH3 is 1. The maximum absolute atomic E-state index is 12.6. The van der Waals surface area contributed by atoms with E-state index in [0.717, 1.165) is 27.7 Å². The standard InChI is InChI=1S/C19H28N5O4P/c1-5-27-29(25,28-6-2)11-7-10-21-18-17-16(23-19(20-3)24-18)14-9-8-13(26-4)12-15(14)22-17/h8-9,12,22H,5-7,10-11H2,1-4H3,(H2,20,21,23,24). The Morgan fingerprint density at radius 2 is 1.93 bits per heavy atom. The van der Waals surface area contributed by atoms with E-state index in [-0.39, 0.29) is 0 Å². The highest BCUT2D eigenvalue weighted by molar-refractivity contribution is 7.53. The Hall–Kier alpha value is -2.35. The molecular formula is C19H28N5O4P. The average Bonchev–Trinajstić information content (AvgIpc) is 3.09. The maximum Gasteiger partial charge on any atom is 0.330 e. The second-order valence-corrected chi connectivity index (χ2v) is 8.54. The molecular weight excluding hydrogens is 393 g/mol. The lowest BCUT2D eigenvalue weighted by Crippen LogP contribution is -2.09. The molecule has 29 heavy (non-hydrogen) atoms. The lowest BCUT2D eigenvalue weighted by atomic mass is 10.2. The zero-order chi connectivity index (χ0) is 20.9. The quantitative estimate of drug-likeness (QED) is 0.312. The van der Waals surface area contributed by atoms with Gasteiger partial charge in [0.2, 0.25) is 5.95 Å². The second-order valence-electron chi connectivity index (χ2n) is 6.36. The molecule has 0 atom stereocenters. The number of nitrogens with zero attached hydrogens (tertiary/aromatic N) is 2. The molecule has 158 valence electrons. The summed E-state index contributed by atoms with van der Waals surface area (Å²) in [5.74, 6) is 1.96. The largest absolute Gasteiger partial charge is 0.497 e. The van der Waals surface area contributed by atoms with Gasteiger partial charge in [-0.2, -0.15) is 4.98 Å². The Morgan fingerprint density at radius 1 is 1.17 bits per heavy atom. The van der Waals surface area contributed by atoms with E-state index in [4.69, 9.17) is 13.8 Å². The molecule has 0 unspecified atom stereocenters. The monoisotopic (exact) mass is 421 g/mol. The maximum atomic E-state index is 12.6. The summed E-state index contributed by atoms with van der Waals surface area (Å²) in [6.07, 6.45) is 0.963. The summed E-state index contributed by atoms with van der Waals surface area (Å²) in [4.78, 5) is 12.5. The second kappa shape index (κ2) is 9.43. The van der Waals surface area contributed by atoms with Crippen molar-refractivity contribution in [3.63, 3.8) is 0 Å². The van der Waals surface area contributed by atoms with E-state index in [2.05, 4.69) is 25.6 Å². The average molecular weight is 421 g/mol. The van der Waals surface area contributed by atoms with Crippen molar-refractivity contribution >= 4 is 41.3 Å². The van der Waals surface area contributed by atoms with Crippen LogP contribution in [-0.4, -0.2) is 55.0 Å². The number of aromatic amines is 1. The first-order valence-electron chi connectivity index (χ1n) is 9.70. The summed E-state index contributed by atoms with van der Waals surface area (Å²) in [7, 11) is 0.375. The third-order valence-electron chi connectivity index (χ3n) is 4.43. The van der Waals surface area contributed by atoms with Gasteiger partial charge in [-0.1, -0.05) is 0 Å². The molecule has 0 aliphatic carbocycles. The molecule has 0 aliphatic heterocycles. The molecule has 0 bridgehead atoms. The molecule has 9 nitrogen and oxygen atoms in total. The minimum Gasteiger partial charge on any atom is -0.497 e. The summed E-state index contributed by atoms with van der Waals surface area (Å²) in [5.41, 5.74) is 2.55. The van der Waals surface area contributed by atoms with E-state index in [1.807, 2.05) is 32.0 Å². The fourth-order valence-corrected chi connectivity index (χ4v) is 4.81. The van der Waals surface area contributed by atoms with Crippen LogP contribution in [0.25, 0.3) is 21.9 Å². The minimum atomic E-state index is -3.04. The number of hydrogen-bond acceptors (Lipinski definition) is 8. The zero-order valence-corrected chi connectivity index (χ0v) is 18.1. The van der Waals surface area contributed by atoms with E-state index >= 15 is 0 Å². The zero-order valence-electron chi connectivity index (χ0n) is 17.2. The van der Waals surface area contributed by atoms with E-state index in [9.17, 15) is 4.57 Å². The van der Waals surface area contributed by atoms with Crippen LogP contribution in [0.4, 0.5) is 11.8 Å². The number of nitrogens with one attached hydrogen (secondary N) is 3. The minimum absolute atomic E-state index is 0.346. The van der Waals surface area contributed by atoms with Crippen molar-refractivity contribution in [2.75, 3.05) is 50.7 Å². The van der Waals surface area contributed by atoms with Gasteiger partial charge in [0.1, 0.15) is 16.8 Å². The summed E-state index contributed by atoms with van der Waals surface area (Å²) in [6.45, 7) is 4.91. The van der Waals surface area contributed by atoms with Crippen LogP contribution >= 0.6 is 7.60 Å². The van der Waals surface area contributed by atoms with Gasteiger partial charge in [-0.3, -0.25) is 4.57 Å². The van der Waals surface area contributed by atoms with Crippen LogP contribution in [0.5, 0.6) is 5.75 Å². The molecule has 3 aromatic rings. The highest BCUT2D eigenvalue weighted by atomic mass is 31.2. The number of ether oxygens (including phenoxy) is 1. The molecule has 0 saturated carbocycles. The van der Waals surface area contributed by atoms with E-state index in [0.29, 0.717) is 44.1 Å². The lowest BCUT2D eigenvalue weighted by molar-refractivity contribution is 0.220. The molecule has 0 aliphatic rings. The van der Waals surface area contributed by atoms with Gasteiger partial charge in [0.25, 0.3) is 0 Å². The molecule has 1 aromatic carbocycles. The third kappa shape index (κ3) is 4.80. The van der Waals surface area contributed by atoms with E-state index < -0.39 is 7.60 Å². The Balaban J connectivity index is 1.82. The van der Waals surface area contributed by atoms with Crippen LogP contribution in [0.15, 0.2) is 18.2 Å². The van der Waals surface area contributed by atoms with Crippen LogP contribution < -0.4 is 15.4 Å². The first-order chi connectivity index (χ1) is 14.0. The van der Waals surface area contributed by atoms with Crippen LogP contribution in [0.2, 0.25) is 0 Å². The summed E-state index contributed by atoms with van der Waals surface area (Å²) < 4.78 is 28.6. The molecule has 3 rings (SSSR count). The predicted octanol–water partition coefficient (Wildman–Crippen LogP) is 4.23. The Kier molecular flexibility index (Phi) is 6.95. The summed E-state index contributed by atoms with van der Waals surface area (Å²) >= 11 is 0. The highest BCUT2D eigenvalue weighted by Gasteiger charge is 2.22. The van der Waals surface area contributed by atoms with Crippen molar-refractivity contribution in [2.24, 2.45) is 0 Å². The molecule has 3 N–H and O–H groups in total. The number of fused-ring (bicyclic) bond motifs is 3. The fourth-order valence-electron chi connectivity index (χ4n) is 3.15. The third-order valence-corrected chi connectivity index (χ3v) is 6.59. The Morgan fingerprint density at radius 3 is 2.59 bits per heavy atom. The smallest absolute Gasteiger partial charge is 0.330 e. The number of benzene rings is 1. The molecule has 2 heterocycles. The van der Waals surface area contributed by atoms with Gasteiger partial charge in [0.05, 0.1) is 32.0 Å². The van der Waals surface area contributed by atoms with Gasteiger partial charge in [0.15, 0.2) is 5.82 Å². The fraction of sp³-hybridized carbons (Fsp3) is 0.474. The van der Waals surface area contributed by atoms with Crippen LogP contribution in [-0.2, 0) is 13.6 Å². The first-order valence-corrected chi connectivity index (χ1v) is 11.4. The van der Waals surface area contributed by atoms with Gasteiger partial charge in [-0.05, 0) is 32.4 Å². The highest BCUT2D eigenvalue weighted by Crippen LogP contribution is 2.48. The van der Waals surface area contributed by atoms with Gasteiger partial charge in [-0.15, -0.1) is 0 Å².